The first-order chi connectivity index (χ1) is 8.86. The van der Waals surface area contributed by atoms with Gasteiger partial charge in [0.05, 0.1) is 13.2 Å². The van der Waals surface area contributed by atoms with Crippen molar-refractivity contribution in [2.75, 3.05) is 7.11 Å². The zero-order valence-corrected chi connectivity index (χ0v) is 11.1. The van der Waals surface area contributed by atoms with Gasteiger partial charge >= 0.3 is 0 Å². The van der Waals surface area contributed by atoms with Crippen molar-refractivity contribution in [2.24, 2.45) is 0 Å². The molecule has 0 saturated heterocycles. The van der Waals surface area contributed by atoms with Gasteiger partial charge in [-0.05, 0) is 30.5 Å². The van der Waals surface area contributed by atoms with Gasteiger partial charge in [0.15, 0.2) is 0 Å². The highest BCUT2D eigenvalue weighted by atomic mass is 32.1. The van der Waals surface area contributed by atoms with Crippen molar-refractivity contribution in [1.29, 1.82) is 0 Å². The summed E-state index contributed by atoms with van der Waals surface area (Å²) < 4.78 is 5.20. The molecule has 1 atom stereocenters. The van der Waals surface area contributed by atoms with E-state index in [0.29, 0.717) is 6.04 Å². The van der Waals surface area contributed by atoms with E-state index in [0.717, 1.165) is 10.8 Å². The van der Waals surface area contributed by atoms with Crippen molar-refractivity contribution in [3.63, 3.8) is 0 Å². The highest BCUT2D eigenvalue weighted by molar-refractivity contribution is 7.09. The van der Waals surface area contributed by atoms with Crippen LogP contribution in [0.5, 0.6) is 5.75 Å². The lowest BCUT2D eigenvalue weighted by atomic mass is 10.1. The van der Waals surface area contributed by atoms with E-state index in [9.17, 15) is 0 Å². The number of hydrogen-bond acceptors (Lipinski definition) is 4. The fourth-order valence-corrected chi connectivity index (χ4v) is 2.69. The van der Waals surface area contributed by atoms with Crippen LogP contribution in [0.1, 0.15) is 29.5 Å². The second-order valence-corrected chi connectivity index (χ2v) is 5.44. The molecule has 1 aromatic heterocycles. The summed E-state index contributed by atoms with van der Waals surface area (Å²) in [5.74, 6) is 0.892. The predicted molar refractivity (Wildman–Crippen MR) is 73.1 cm³/mol. The van der Waals surface area contributed by atoms with E-state index in [4.69, 9.17) is 4.74 Å². The Morgan fingerprint density at radius 1 is 1.33 bits per heavy atom. The normalized spacial score (nSPS) is 16.5. The quantitative estimate of drug-likeness (QED) is 0.897. The van der Waals surface area contributed by atoms with Crippen LogP contribution >= 0.6 is 11.3 Å². The van der Waals surface area contributed by atoms with Gasteiger partial charge in [0, 0.05) is 17.6 Å². The summed E-state index contributed by atoms with van der Waals surface area (Å²) in [5.41, 5.74) is 1.25. The molecule has 1 heterocycles. The molecular weight excluding hydrogens is 244 g/mol. The molecule has 1 fully saturated rings. The average molecular weight is 260 g/mol. The van der Waals surface area contributed by atoms with Crippen molar-refractivity contribution in [1.82, 2.24) is 10.3 Å². The number of methoxy groups -OCH3 is 1. The lowest BCUT2D eigenvalue weighted by Gasteiger charge is -2.17. The molecule has 3 nitrogen and oxygen atoms in total. The molecule has 0 spiro atoms. The van der Waals surface area contributed by atoms with Crippen LogP contribution in [0.15, 0.2) is 35.8 Å². The Hall–Kier alpha value is -1.39. The fourth-order valence-electron chi connectivity index (χ4n) is 1.97. The summed E-state index contributed by atoms with van der Waals surface area (Å²) in [6, 6.07) is 9.10. The second-order valence-electron chi connectivity index (χ2n) is 4.52. The number of ether oxygens (including phenoxy) is 1. The molecule has 1 saturated carbocycles. The van der Waals surface area contributed by atoms with Crippen molar-refractivity contribution < 1.29 is 4.74 Å². The first-order valence-corrected chi connectivity index (χ1v) is 7.04. The number of hydrogen-bond donors (Lipinski definition) is 1. The van der Waals surface area contributed by atoms with E-state index >= 15 is 0 Å². The molecule has 1 unspecified atom stereocenters. The van der Waals surface area contributed by atoms with Gasteiger partial charge in [-0.2, -0.15) is 0 Å². The first kappa shape index (κ1) is 11.7. The molecule has 1 N–H and O–H groups in total. The van der Waals surface area contributed by atoms with E-state index in [1.807, 2.05) is 23.7 Å². The molecule has 18 heavy (non-hydrogen) atoms. The number of thiazole rings is 1. The maximum Gasteiger partial charge on any atom is 0.118 e. The first-order valence-electron chi connectivity index (χ1n) is 6.16. The summed E-state index contributed by atoms with van der Waals surface area (Å²) in [4.78, 5) is 4.44. The molecule has 0 aliphatic heterocycles. The van der Waals surface area contributed by atoms with E-state index in [2.05, 4.69) is 22.4 Å². The zero-order chi connectivity index (χ0) is 12.4. The van der Waals surface area contributed by atoms with Gasteiger partial charge in [0.2, 0.25) is 0 Å². The molecule has 3 rings (SSSR count). The highest BCUT2D eigenvalue weighted by Gasteiger charge is 2.27. The minimum Gasteiger partial charge on any atom is -0.497 e. The molecule has 1 aliphatic carbocycles. The lowest BCUT2D eigenvalue weighted by Crippen LogP contribution is -2.24. The Labute approximate surface area is 111 Å². The summed E-state index contributed by atoms with van der Waals surface area (Å²) in [7, 11) is 1.69. The Bertz CT molecular complexity index is 491. The number of nitrogens with zero attached hydrogens (tertiary/aromatic N) is 1. The van der Waals surface area contributed by atoms with Crippen LogP contribution in [0, 0.1) is 0 Å². The largest absolute Gasteiger partial charge is 0.497 e. The topological polar surface area (TPSA) is 34.1 Å². The number of rotatable bonds is 5. The van der Waals surface area contributed by atoms with Crippen LogP contribution in [-0.2, 0) is 0 Å². The Balaban J connectivity index is 1.86. The van der Waals surface area contributed by atoms with Crippen LogP contribution in [0.4, 0.5) is 0 Å². The maximum absolute atomic E-state index is 5.20. The molecule has 2 aromatic rings. The Kier molecular flexibility index (Phi) is 3.30. The standard InChI is InChI=1S/C14H16N2OS/c1-17-12-6-2-10(3-7-12)13(16-11-4-5-11)14-15-8-9-18-14/h2-3,6-9,11,13,16H,4-5H2,1H3. The van der Waals surface area contributed by atoms with Gasteiger partial charge in [-0.3, -0.25) is 0 Å². The third-order valence-corrected chi connectivity index (χ3v) is 3.97. The molecule has 0 bridgehead atoms. The van der Waals surface area contributed by atoms with Crippen LogP contribution in [0.2, 0.25) is 0 Å². The van der Waals surface area contributed by atoms with E-state index in [-0.39, 0.29) is 6.04 Å². The van der Waals surface area contributed by atoms with Gasteiger partial charge in [-0.25, -0.2) is 4.98 Å². The average Bonchev–Trinajstić information content (AvgIpc) is 3.08. The SMILES string of the molecule is COc1ccc(C(NC2CC2)c2nccs2)cc1. The van der Waals surface area contributed by atoms with Crippen LogP contribution in [0.3, 0.4) is 0 Å². The predicted octanol–water partition coefficient (Wildman–Crippen LogP) is 2.99. The van der Waals surface area contributed by atoms with Gasteiger partial charge in [0.25, 0.3) is 0 Å². The molecule has 94 valence electrons. The van der Waals surface area contributed by atoms with Crippen molar-refractivity contribution in [2.45, 2.75) is 24.9 Å². The highest BCUT2D eigenvalue weighted by Crippen LogP contribution is 2.30. The van der Waals surface area contributed by atoms with Crippen molar-refractivity contribution in [3.05, 3.63) is 46.4 Å². The summed E-state index contributed by atoms with van der Waals surface area (Å²) >= 11 is 1.70. The van der Waals surface area contributed by atoms with E-state index in [1.165, 1.54) is 18.4 Å². The van der Waals surface area contributed by atoms with Crippen molar-refractivity contribution in [3.8, 4) is 5.75 Å². The van der Waals surface area contributed by atoms with Crippen LogP contribution in [-0.4, -0.2) is 18.1 Å². The van der Waals surface area contributed by atoms with Crippen LogP contribution in [0.25, 0.3) is 0 Å². The third-order valence-electron chi connectivity index (χ3n) is 3.13. The molecular formula is C14H16N2OS. The second kappa shape index (κ2) is 5.08. The summed E-state index contributed by atoms with van der Waals surface area (Å²) in [6.07, 6.45) is 4.42. The monoisotopic (exact) mass is 260 g/mol. The molecule has 0 radical (unpaired) electrons. The van der Waals surface area contributed by atoms with E-state index < -0.39 is 0 Å². The third kappa shape index (κ3) is 2.54. The molecule has 1 aliphatic rings. The van der Waals surface area contributed by atoms with Crippen LogP contribution < -0.4 is 10.1 Å². The van der Waals surface area contributed by atoms with Crippen molar-refractivity contribution >= 4 is 11.3 Å². The van der Waals surface area contributed by atoms with Gasteiger partial charge in [0.1, 0.15) is 10.8 Å². The molecule has 1 aromatic carbocycles. The smallest absolute Gasteiger partial charge is 0.118 e. The van der Waals surface area contributed by atoms with Gasteiger partial charge < -0.3 is 10.1 Å². The number of benzene rings is 1. The Morgan fingerprint density at radius 2 is 2.11 bits per heavy atom. The maximum atomic E-state index is 5.20. The minimum atomic E-state index is 0.211. The number of aromatic nitrogens is 1. The minimum absolute atomic E-state index is 0.211. The number of nitrogens with one attached hydrogen (secondary N) is 1. The van der Waals surface area contributed by atoms with Gasteiger partial charge in [-0.15, -0.1) is 11.3 Å². The van der Waals surface area contributed by atoms with Gasteiger partial charge in [-0.1, -0.05) is 12.1 Å². The molecule has 0 amide bonds. The Morgan fingerprint density at radius 3 is 2.67 bits per heavy atom. The van der Waals surface area contributed by atoms with E-state index in [1.54, 1.807) is 18.4 Å². The lowest BCUT2D eigenvalue weighted by molar-refractivity contribution is 0.414. The summed E-state index contributed by atoms with van der Waals surface area (Å²) in [6.45, 7) is 0. The zero-order valence-electron chi connectivity index (χ0n) is 10.3. The summed E-state index contributed by atoms with van der Waals surface area (Å²) in [5, 5.41) is 6.81. The fraction of sp³-hybridized carbons (Fsp3) is 0.357. The molecule has 4 heteroatoms.